The second-order valence-corrected chi connectivity index (χ2v) is 6.85. The number of hydrogen-bond donors (Lipinski definition) is 1. The molecule has 3 aromatic rings. The van der Waals surface area contributed by atoms with Crippen molar-refractivity contribution in [2.45, 2.75) is 40.2 Å². The van der Waals surface area contributed by atoms with E-state index in [2.05, 4.69) is 9.97 Å². The summed E-state index contributed by atoms with van der Waals surface area (Å²) in [4.78, 5) is 43.1. The number of rotatable bonds is 5. The van der Waals surface area contributed by atoms with E-state index in [1.54, 1.807) is 26.1 Å². The Bertz CT molecular complexity index is 1260. The smallest absolute Gasteiger partial charge is 0.306 e. The Morgan fingerprint density at radius 2 is 2.03 bits per heavy atom. The molecule has 0 amide bonds. The Balaban J connectivity index is 1.68. The second kappa shape index (κ2) is 8.10. The van der Waals surface area contributed by atoms with Gasteiger partial charge in [-0.15, -0.1) is 0 Å². The van der Waals surface area contributed by atoms with E-state index in [-0.39, 0.29) is 24.2 Å². The van der Waals surface area contributed by atoms with Gasteiger partial charge in [0.15, 0.2) is 0 Å². The molecule has 0 fully saturated rings. The molecule has 8 nitrogen and oxygen atoms in total. The van der Waals surface area contributed by atoms with E-state index in [1.807, 2.05) is 19.1 Å². The summed E-state index contributed by atoms with van der Waals surface area (Å²) in [5, 5.41) is 9.12. The Hall–Kier alpha value is -3.73. The Labute approximate surface area is 166 Å². The lowest BCUT2D eigenvalue weighted by atomic mass is 9.99. The number of ether oxygens (including phenoxy) is 1. The van der Waals surface area contributed by atoms with Crippen LogP contribution in [0.4, 0.5) is 0 Å². The van der Waals surface area contributed by atoms with Crippen LogP contribution in [0.2, 0.25) is 0 Å². The fraction of sp³-hybridized carbons (Fsp3) is 0.286. The zero-order chi connectivity index (χ0) is 21.1. The van der Waals surface area contributed by atoms with Gasteiger partial charge in [0.1, 0.15) is 23.9 Å². The van der Waals surface area contributed by atoms with Crippen LogP contribution in [0.15, 0.2) is 34.0 Å². The first-order valence-corrected chi connectivity index (χ1v) is 9.07. The van der Waals surface area contributed by atoms with Gasteiger partial charge in [-0.1, -0.05) is 6.07 Å². The summed E-state index contributed by atoms with van der Waals surface area (Å²) >= 11 is 0. The number of carbonyl (C=O) groups excluding carboxylic acids is 1. The molecule has 0 aliphatic rings. The van der Waals surface area contributed by atoms with Crippen molar-refractivity contribution in [3.8, 4) is 6.07 Å². The molecule has 3 rings (SSSR count). The van der Waals surface area contributed by atoms with Crippen molar-refractivity contribution in [3.63, 3.8) is 0 Å². The highest BCUT2D eigenvalue weighted by Crippen LogP contribution is 2.15. The van der Waals surface area contributed by atoms with Gasteiger partial charge in [0.25, 0.3) is 11.1 Å². The monoisotopic (exact) mass is 392 g/mol. The van der Waals surface area contributed by atoms with Crippen molar-refractivity contribution in [2.24, 2.45) is 0 Å². The molecule has 1 N–H and O–H groups in total. The first-order valence-electron chi connectivity index (χ1n) is 9.07. The highest BCUT2D eigenvalue weighted by molar-refractivity contribution is 5.70. The van der Waals surface area contributed by atoms with Crippen LogP contribution in [-0.2, 0) is 22.6 Å². The van der Waals surface area contributed by atoms with Gasteiger partial charge in [-0.2, -0.15) is 5.26 Å². The summed E-state index contributed by atoms with van der Waals surface area (Å²) in [6.07, 6.45) is 2.10. The minimum atomic E-state index is -0.459. The van der Waals surface area contributed by atoms with Crippen LogP contribution in [0, 0.1) is 32.1 Å². The molecule has 0 aromatic carbocycles. The molecule has 29 heavy (non-hydrogen) atoms. The van der Waals surface area contributed by atoms with E-state index in [0.29, 0.717) is 29.0 Å². The zero-order valence-electron chi connectivity index (χ0n) is 16.4. The fourth-order valence-corrected chi connectivity index (χ4v) is 3.21. The number of aromatic nitrogens is 3. The Kier molecular flexibility index (Phi) is 5.59. The number of nitrogens with zero attached hydrogens (tertiary/aromatic N) is 3. The average molecular weight is 392 g/mol. The fourth-order valence-electron chi connectivity index (χ4n) is 3.21. The summed E-state index contributed by atoms with van der Waals surface area (Å²) < 4.78 is 6.69. The van der Waals surface area contributed by atoms with Crippen LogP contribution in [0.1, 0.15) is 40.1 Å². The van der Waals surface area contributed by atoms with Crippen molar-refractivity contribution < 1.29 is 9.53 Å². The lowest BCUT2D eigenvalue weighted by molar-refractivity contribution is -0.145. The minimum Gasteiger partial charge on any atom is -0.459 e. The second-order valence-electron chi connectivity index (χ2n) is 6.85. The summed E-state index contributed by atoms with van der Waals surface area (Å²) in [5.41, 5.74) is 3.11. The van der Waals surface area contributed by atoms with Gasteiger partial charge < -0.3 is 9.72 Å². The van der Waals surface area contributed by atoms with Crippen LogP contribution < -0.4 is 11.1 Å². The topological polar surface area (TPSA) is 117 Å². The maximum atomic E-state index is 12.2. The normalized spacial score (nSPS) is 10.7. The molecule has 3 aromatic heterocycles. The molecule has 0 spiro atoms. The molecule has 0 saturated heterocycles. The van der Waals surface area contributed by atoms with Crippen LogP contribution in [0.25, 0.3) is 5.65 Å². The Morgan fingerprint density at radius 1 is 1.28 bits per heavy atom. The first-order chi connectivity index (χ1) is 13.8. The van der Waals surface area contributed by atoms with E-state index in [1.165, 1.54) is 10.5 Å². The van der Waals surface area contributed by atoms with Gasteiger partial charge in [-0.25, -0.2) is 4.98 Å². The molecule has 0 aliphatic heterocycles. The van der Waals surface area contributed by atoms with E-state index in [9.17, 15) is 14.4 Å². The highest BCUT2D eigenvalue weighted by Gasteiger charge is 2.14. The standard InChI is InChI=1S/C21H20N4O4/c1-12-4-6-18-24-15(8-19(26)25(18)10-12)11-29-20(27)7-5-16-13(2)17(9-22)21(28)23-14(16)3/h4,6,8,10H,5,7,11H2,1-3H3,(H,23,28). The van der Waals surface area contributed by atoms with Crippen LogP contribution in [-0.4, -0.2) is 20.3 Å². The molecule has 148 valence electrons. The molecule has 0 saturated carbocycles. The van der Waals surface area contributed by atoms with Gasteiger partial charge in [-0.05, 0) is 49.9 Å². The lowest BCUT2D eigenvalue weighted by Crippen LogP contribution is -2.18. The van der Waals surface area contributed by atoms with E-state index in [4.69, 9.17) is 10.00 Å². The van der Waals surface area contributed by atoms with Crippen molar-refractivity contribution in [3.05, 3.63) is 78.7 Å². The number of pyridine rings is 2. The van der Waals surface area contributed by atoms with Gasteiger partial charge >= 0.3 is 5.97 Å². The Morgan fingerprint density at radius 3 is 2.76 bits per heavy atom. The van der Waals surface area contributed by atoms with Gasteiger partial charge in [-0.3, -0.25) is 18.8 Å². The molecule has 8 heteroatoms. The maximum absolute atomic E-state index is 12.2. The summed E-state index contributed by atoms with van der Waals surface area (Å²) in [7, 11) is 0. The number of carbonyl (C=O) groups is 1. The first kappa shape index (κ1) is 20.0. The SMILES string of the molecule is Cc1ccc2nc(COC(=O)CCc3c(C)[nH]c(=O)c(C#N)c3C)cc(=O)n2c1. The van der Waals surface area contributed by atoms with E-state index >= 15 is 0 Å². The van der Waals surface area contributed by atoms with Crippen molar-refractivity contribution in [1.82, 2.24) is 14.4 Å². The minimum absolute atomic E-state index is 0.0510. The molecule has 0 unspecified atom stereocenters. The third-order valence-electron chi connectivity index (χ3n) is 4.74. The molecule has 0 atom stereocenters. The van der Waals surface area contributed by atoms with Crippen molar-refractivity contribution >= 4 is 11.6 Å². The predicted molar refractivity (Wildman–Crippen MR) is 106 cm³/mol. The molecular weight excluding hydrogens is 372 g/mol. The van der Waals surface area contributed by atoms with Crippen LogP contribution in [0.3, 0.4) is 0 Å². The number of aromatic amines is 1. The van der Waals surface area contributed by atoms with Gasteiger partial charge in [0.05, 0.1) is 5.69 Å². The van der Waals surface area contributed by atoms with Crippen LogP contribution in [0.5, 0.6) is 0 Å². The number of aryl methyl sites for hydroxylation is 2. The quantitative estimate of drug-likeness (QED) is 0.662. The number of fused-ring (bicyclic) bond motifs is 1. The molecular formula is C21H20N4O4. The van der Waals surface area contributed by atoms with Crippen LogP contribution >= 0.6 is 0 Å². The van der Waals surface area contributed by atoms with Gasteiger partial charge in [0, 0.05) is 24.4 Å². The number of hydrogen-bond acceptors (Lipinski definition) is 6. The number of H-pyrrole nitrogens is 1. The summed E-state index contributed by atoms with van der Waals surface area (Å²) in [6, 6.07) is 6.81. The van der Waals surface area contributed by atoms with E-state index < -0.39 is 11.5 Å². The maximum Gasteiger partial charge on any atom is 0.306 e. The lowest BCUT2D eigenvalue weighted by Gasteiger charge is -2.11. The third-order valence-corrected chi connectivity index (χ3v) is 4.74. The predicted octanol–water partition coefficient (Wildman–Crippen LogP) is 1.86. The largest absolute Gasteiger partial charge is 0.459 e. The molecule has 3 heterocycles. The summed E-state index contributed by atoms with van der Waals surface area (Å²) in [6.45, 7) is 5.19. The number of nitriles is 1. The van der Waals surface area contributed by atoms with Crippen molar-refractivity contribution in [1.29, 1.82) is 5.26 Å². The highest BCUT2D eigenvalue weighted by atomic mass is 16.5. The van der Waals surface area contributed by atoms with Crippen molar-refractivity contribution in [2.75, 3.05) is 0 Å². The summed E-state index contributed by atoms with van der Waals surface area (Å²) in [5.74, 6) is -0.459. The third kappa shape index (κ3) is 4.24. The number of esters is 1. The molecule has 0 aliphatic carbocycles. The number of nitrogens with one attached hydrogen (secondary N) is 1. The molecule has 0 bridgehead atoms. The zero-order valence-corrected chi connectivity index (χ0v) is 16.4. The van der Waals surface area contributed by atoms with E-state index in [0.717, 1.165) is 11.1 Å². The molecule has 0 radical (unpaired) electrons. The average Bonchev–Trinajstić information content (AvgIpc) is 2.67. The van der Waals surface area contributed by atoms with Gasteiger partial charge in [0.2, 0.25) is 0 Å².